The van der Waals surface area contributed by atoms with E-state index in [1.165, 1.54) is 5.56 Å². The van der Waals surface area contributed by atoms with E-state index in [1.807, 2.05) is 42.5 Å². The molecule has 22 heavy (non-hydrogen) atoms. The third-order valence-electron chi connectivity index (χ3n) is 3.79. The van der Waals surface area contributed by atoms with Crippen LogP contribution in [-0.4, -0.2) is 37.0 Å². The van der Waals surface area contributed by atoms with Gasteiger partial charge in [-0.2, -0.15) is 0 Å². The van der Waals surface area contributed by atoms with E-state index in [1.54, 1.807) is 0 Å². The number of nitrogens with zero attached hydrogens (tertiary/aromatic N) is 1. The lowest BCUT2D eigenvalue weighted by Crippen LogP contribution is -2.35. The van der Waals surface area contributed by atoms with Crippen molar-refractivity contribution >= 4 is 21.7 Å². The number of hydrogen-bond acceptors (Lipinski definition) is 3. The summed E-state index contributed by atoms with van der Waals surface area (Å²) < 4.78 is 6.29. The standard InChI is InChI=1S/C18H18BrNO2/c19-17-6-2-5-16(12-17)18(21)15-4-1-3-14(11-15)13-20-7-9-22-10-8-20/h1-6,11-12H,7-10,13H2. The molecule has 1 aliphatic heterocycles. The maximum absolute atomic E-state index is 12.6. The summed E-state index contributed by atoms with van der Waals surface area (Å²) in [4.78, 5) is 14.9. The Kier molecular flexibility index (Phi) is 5.03. The van der Waals surface area contributed by atoms with E-state index >= 15 is 0 Å². The first-order valence-corrected chi connectivity index (χ1v) is 8.21. The zero-order chi connectivity index (χ0) is 15.4. The van der Waals surface area contributed by atoms with Gasteiger partial charge in [0.2, 0.25) is 0 Å². The van der Waals surface area contributed by atoms with Crippen LogP contribution in [0.25, 0.3) is 0 Å². The minimum absolute atomic E-state index is 0.0603. The predicted octanol–water partition coefficient (Wildman–Crippen LogP) is 3.51. The third kappa shape index (κ3) is 3.83. The molecule has 3 rings (SSSR count). The molecule has 1 aliphatic rings. The Hall–Kier alpha value is -1.49. The lowest BCUT2D eigenvalue weighted by atomic mass is 10.0. The molecule has 1 saturated heterocycles. The van der Waals surface area contributed by atoms with Crippen molar-refractivity contribution in [2.45, 2.75) is 6.54 Å². The van der Waals surface area contributed by atoms with Gasteiger partial charge in [-0.25, -0.2) is 0 Å². The Bertz CT molecular complexity index is 666. The van der Waals surface area contributed by atoms with E-state index in [2.05, 4.69) is 26.9 Å². The highest BCUT2D eigenvalue weighted by Gasteiger charge is 2.13. The van der Waals surface area contributed by atoms with Crippen molar-refractivity contribution in [3.63, 3.8) is 0 Å². The highest BCUT2D eigenvalue weighted by atomic mass is 79.9. The number of morpholine rings is 1. The summed E-state index contributed by atoms with van der Waals surface area (Å²) in [5, 5.41) is 0. The lowest BCUT2D eigenvalue weighted by molar-refractivity contribution is 0.0342. The van der Waals surface area contributed by atoms with Gasteiger partial charge in [0.1, 0.15) is 0 Å². The van der Waals surface area contributed by atoms with Gasteiger partial charge in [0.15, 0.2) is 5.78 Å². The molecule has 0 amide bonds. The highest BCUT2D eigenvalue weighted by Crippen LogP contribution is 2.17. The van der Waals surface area contributed by atoms with Gasteiger partial charge < -0.3 is 4.74 Å². The molecule has 0 bridgehead atoms. The van der Waals surface area contributed by atoms with E-state index < -0.39 is 0 Å². The Labute approximate surface area is 139 Å². The molecule has 1 heterocycles. The SMILES string of the molecule is O=C(c1cccc(Br)c1)c1cccc(CN2CCOCC2)c1. The van der Waals surface area contributed by atoms with Crippen LogP contribution >= 0.6 is 15.9 Å². The Morgan fingerprint density at radius 1 is 1.05 bits per heavy atom. The maximum atomic E-state index is 12.6. The first-order valence-electron chi connectivity index (χ1n) is 7.42. The lowest BCUT2D eigenvalue weighted by Gasteiger charge is -2.26. The minimum atomic E-state index is 0.0603. The van der Waals surface area contributed by atoms with Gasteiger partial charge in [-0.15, -0.1) is 0 Å². The number of benzene rings is 2. The average Bonchev–Trinajstić information content (AvgIpc) is 2.55. The molecular formula is C18H18BrNO2. The molecular weight excluding hydrogens is 342 g/mol. The molecule has 2 aromatic rings. The molecule has 0 radical (unpaired) electrons. The van der Waals surface area contributed by atoms with E-state index in [0.29, 0.717) is 5.56 Å². The summed E-state index contributed by atoms with van der Waals surface area (Å²) in [7, 11) is 0. The van der Waals surface area contributed by atoms with Crippen LogP contribution in [0.1, 0.15) is 21.5 Å². The van der Waals surface area contributed by atoms with Gasteiger partial charge >= 0.3 is 0 Å². The van der Waals surface area contributed by atoms with Crippen LogP contribution < -0.4 is 0 Å². The van der Waals surface area contributed by atoms with Gasteiger partial charge in [-0.3, -0.25) is 9.69 Å². The molecule has 2 aromatic carbocycles. The van der Waals surface area contributed by atoms with Crippen LogP contribution in [0.2, 0.25) is 0 Å². The fourth-order valence-electron chi connectivity index (χ4n) is 2.62. The summed E-state index contributed by atoms with van der Waals surface area (Å²) in [5.74, 6) is 0.0603. The van der Waals surface area contributed by atoms with Crippen molar-refractivity contribution in [1.82, 2.24) is 4.90 Å². The van der Waals surface area contributed by atoms with E-state index in [0.717, 1.165) is 42.9 Å². The molecule has 0 unspecified atom stereocenters. The normalized spacial score (nSPS) is 15.7. The van der Waals surface area contributed by atoms with Crippen molar-refractivity contribution in [2.75, 3.05) is 26.3 Å². The smallest absolute Gasteiger partial charge is 0.193 e. The molecule has 0 aromatic heterocycles. The molecule has 0 N–H and O–H groups in total. The molecule has 3 nitrogen and oxygen atoms in total. The van der Waals surface area contributed by atoms with Crippen molar-refractivity contribution in [3.8, 4) is 0 Å². The highest BCUT2D eigenvalue weighted by molar-refractivity contribution is 9.10. The zero-order valence-corrected chi connectivity index (χ0v) is 13.9. The van der Waals surface area contributed by atoms with Crippen LogP contribution in [0.15, 0.2) is 53.0 Å². The van der Waals surface area contributed by atoms with Gasteiger partial charge in [-0.05, 0) is 23.8 Å². The third-order valence-corrected chi connectivity index (χ3v) is 4.28. The molecule has 4 heteroatoms. The summed E-state index contributed by atoms with van der Waals surface area (Å²) in [6.45, 7) is 4.34. The Morgan fingerprint density at radius 3 is 2.45 bits per heavy atom. The van der Waals surface area contributed by atoms with E-state index in [-0.39, 0.29) is 5.78 Å². The number of ketones is 1. The number of ether oxygens (including phenoxy) is 1. The quantitative estimate of drug-likeness (QED) is 0.782. The number of halogens is 1. The van der Waals surface area contributed by atoms with Crippen LogP contribution in [0.3, 0.4) is 0 Å². The molecule has 0 aliphatic carbocycles. The number of rotatable bonds is 4. The Morgan fingerprint density at radius 2 is 1.73 bits per heavy atom. The Balaban J connectivity index is 1.76. The molecule has 0 atom stereocenters. The van der Waals surface area contributed by atoms with Crippen LogP contribution in [0, 0.1) is 0 Å². The molecule has 0 spiro atoms. The second-order valence-corrected chi connectivity index (χ2v) is 6.34. The second-order valence-electron chi connectivity index (χ2n) is 5.43. The number of hydrogen-bond donors (Lipinski definition) is 0. The topological polar surface area (TPSA) is 29.5 Å². The second kappa shape index (κ2) is 7.18. The summed E-state index contributed by atoms with van der Waals surface area (Å²) in [6, 6.07) is 15.4. The minimum Gasteiger partial charge on any atom is -0.379 e. The predicted molar refractivity (Wildman–Crippen MR) is 90.1 cm³/mol. The van der Waals surface area contributed by atoms with E-state index in [4.69, 9.17) is 4.74 Å². The van der Waals surface area contributed by atoms with Gasteiger partial charge in [0.05, 0.1) is 13.2 Å². The monoisotopic (exact) mass is 359 g/mol. The van der Waals surface area contributed by atoms with Gasteiger partial charge in [0.25, 0.3) is 0 Å². The fourth-order valence-corrected chi connectivity index (χ4v) is 3.02. The average molecular weight is 360 g/mol. The van der Waals surface area contributed by atoms with E-state index in [9.17, 15) is 4.79 Å². The summed E-state index contributed by atoms with van der Waals surface area (Å²) in [6.07, 6.45) is 0. The largest absolute Gasteiger partial charge is 0.379 e. The maximum Gasteiger partial charge on any atom is 0.193 e. The summed E-state index contributed by atoms with van der Waals surface area (Å²) >= 11 is 3.41. The summed E-state index contributed by atoms with van der Waals surface area (Å²) in [5.41, 5.74) is 2.62. The van der Waals surface area contributed by atoms with Gasteiger partial charge in [0, 0.05) is 35.2 Å². The molecule has 114 valence electrons. The van der Waals surface area contributed by atoms with Crippen LogP contribution in [-0.2, 0) is 11.3 Å². The first-order chi connectivity index (χ1) is 10.7. The van der Waals surface area contributed by atoms with Gasteiger partial charge in [-0.1, -0.05) is 46.3 Å². The van der Waals surface area contributed by atoms with Crippen LogP contribution in [0.4, 0.5) is 0 Å². The van der Waals surface area contributed by atoms with Crippen molar-refractivity contribution in [2.24, 2.45) is 0 Å². The molecule has 1 fully saturated rings. The first kappa shape index (κ1) is 15.4. The number of carbonyl (C=O) groups is 1. The molecule has 0 saturated carbocycles. The number of carbonyl (C=O) groups excluding carboxylic acids is 1. The van der Waals surface area contributed by atoms with Crippen molar-refractivity contribution in [1.29, 1.82) is 0 Å². The fraction of sp³-hybridized carbons (Fsp3) is 0.278. The van der Waals surface area contributed by atoms with Crippen molar-refractivity contribution < 1.29 is 9.53 Å². The van der Waals surface area contributed by atoms with Crippen molar-refractivity contribution in [3.05, 3.63) is 69.7 Å². The zero-order valence-electron chi connectivity index (χ0n) is 12.3. The van der Waals surface area contributed by atoms with Crippen LogP contribution in [0.5, 0.6) is 0 Å².